The summed E-state index contributed by atoms with van der Waals surface area (Å²) in [5, 5.41) is 10.7. The first-order valence-corrected chi connectivity index (χ1v) is 9.12. The third-order valence-electron chi connectivity index (χ3n) is 5.21. The molecule has 1 N–H and O–H groups in total. The molecule has 0 radical (unpaired) electrons. The van der Waals surface area contributed by atoms with Crippen molar-refractivity contribution in [1.82, 2.24) is 0 Å². The van der Waals surface area contributed by atoms with Gasteiger partial charge in [0.05, 0.1) is 5.57 Å². The minimum atomic E-state index is 0.123. The van der Waals surface area contributed by atoms with Crippen LogP contribution >= 0.6 is 15.9 Å². The SMILES string of the molecule is CCc1ccc(Br)cc1/C1=C(\O)C[C@H]2CC[C@H](CC2)CC1=O. The van der Waals surface area contributed by atoms with E-state index in [4.69, 9.17) is 0 Å². The van der Waals surface area contributed by atoms with Crippen LogP contribution < -0.4 is 0 Å². The molecule has 0 spiro atoms. The summed E-state index contributed by atoms with van der Waals surface area (Å²) in [4.78, 5) is 12.9. The minimum absolute atomic E-state index is 0.123. The first-order valence-electron chi connectivity index (χ1n) is 8.32. The van der Waals surface area contributed by atoms with E-state index in [2.05, 4.69) is 22.9 Å². The molecule has 0 unspecified atom stereocenters. The van der Waals surface area contributed by atoms with Crippen LogP contribution in [-0.2, 0) is 11.2 Å². The van der Waals surface area contributed by atoms with Crippen molar-refractivity contribution in [2.24, 2.45) is 11.8 Å². The molecule has 0 atom stereocenters. The lowest BCUT2D eigenvalue weighted by Crippen LogP contribution is -2.15. The van der Waals surface area contributed by atoms with E-state index in [0.717, 1.165) is 47.7 Å². The molecule has 1 aromatic rings. The number of aryl methyl sites for hydroxylation is 1. The van der Waals surface area contributed by atoms with E-state index in [0.29, 0.717) is 36.0 Å². The molecule has 3 aliphatic rings. The Morgan fingerprint density at radius 1 is 1.14 bits per heavy atom. The van der Waals surface area contributed by atoms with E-state index in [1.165, 1.54) is 0 Å². The molecular weight excluding hydrogens is 340 g/mol. The monoisotopic (exact) mass is 362 g/mol. The lowest BCUT2D eigenvalue weighted by Gasteiger charge is -2.26. The summed E-state index contributed by atoms with van der Waals surface area (Å²) in [6, 6.07) is 6.04. The Bertz CT molecular complexity index is 610. The number of hydrogen-bond acceptors (Lipinski definition) is 2. The lowest BCUT2D eigenvalue weighted by molar-refractivity contribution is -0.114. The van der Waals surface area contributed by atoms with Crippen molar-refractivity contribution in [3.63, 3.8) is 0 Å². The second-order valence-electron chi connectivity index (χ2n) is 6.69. The molecule has 118 valence electrons. The molecule has 0 amide bonds. The standard InChI is InChI=1S/C19H23BrO2/c1-2-14-7-8-15(20)11-16(14)19-17(21)9-12-3-4-13(6-5-12)10-18(19)22/h7-8,11-13,21H,2-6,9-10H2,1H3/b19-17+/t12-,13+. The Morgan fingerprint density at radius 3 is 2.41 bits per heavy atom. The number of carbonyl (C=O) groups excluding carboxylic acids is 1. The van der Waals surface area contributed by atoms with E-state index in [1.54, 1.807) is 0 Å². The van der Waals surface area contributed by atoms with E-state index >= 15 is 0 Å². The maximum absolute atomic E-state index is 12.9. The summed E-state index contributed by atoms with van der Waals surface area (Å²) in [7, 11) is 0. The van der Waals surface area contributed by atoms with Crippen molar-refractivity contribution < 1.29 is 9.90 Å². The summed E-state index contributed by atoms with van der Waals surface area (Å²) in [5.74, 6) is 1.47. The Morgan fingerprint density at radius 2 is 1.77 bits per heavy atom. The third-order valence-corrected chi connectivity index (χ3v) is 5.71. The molecule has 1 aromatic carbocycles. The molecule has 1 fully saturated rings. The van der Waals surface area contributed by atoms with Crippen molar-refractivity contribution in [2.75, 3.05) is 0 Å². The molecule has 3 aliphatic carbocycles. The lowest BCUT2D eigenvalue weighted by atomic mass is 9.79. The predicted molar refractivity (Wildman–Crippen MR) is 92.8 cm³/mol. The van der Waals surface area contributed by atoms with Gasteiger partial charge in [-0.1, -0.05) is 28.9 Å². The molecule has 0 aliphatic heterocycles. The minimum Gasteiger partial charge on any atom is -0.512 e. The number of hydrogen-bond donors (Lipinski definition) is 1. The number of allylic oxidation sites excluding steroid dienone is 2. The largest absolute Gasteiger partial charge is 0.512 e. The van der Waals surface area contributed by atoms with Crippen molar-refractivity contribution in [1.29, 1.82) is 0 Å². The zero-order chi connectivity index (χ0) is 15.7. The number of Topliss-reactive ketones (excluding diaryl/α,β-unsaturated/α-hetero) is 1. The smallest absolute Gasteiger partial charge is 0.167 e. The molecule has 1 saturated carbocycles. The molecular formula is C19H23BrO2. The van der Waals surface area contributed by atoms with Crippen LogP contribution in [-0.4, -0.2) is 10.9 Å². The van der Waals surface area contributed by atoms with Crippen LogP contribution in [0.5, 0.6) is 0 Å². The topological polar surface area (TPSA) is 37.3 Å². The van der Waals surface area contributed by atoms with Crippen LogP contribution in [0.25, 0.3) is 5.57 Å². The molecule has 2 nitrogen and oxygen atoms in total. The fraction of sp³-hybridized carbons (Fsp3) is 0.526. The van der Waals surface area contributed by atoms with Crippen LogP contribution in [0.3, 0.4) is 0 Å². The number of aliphatic hydroxyl groups is 1. The summed E-state index contributed by atoms with van der Waals surface area (Å²) in [6.07, 6.45) is 6.67. The second-order valence-corrected chi connectivity index (χ2v) is 7.61. The van der Waals surface area contributed by atoms with Gasteiger partial charge >= 0.3 is 0 Å². The maximum Gasteiger partial charge on any atom is 0.167 e. The molecule has 3 heteroatoms. The van der Waals surface area contributed by atoms with E-state index < -0.39 is 0 Å². The van der Waals surface area contributed by atoms with Crippen molar-refractivity contribution >= 4 is 27.3 Å². The van der Waals surface area contributed by atoms with E-state index in [1.807, 2.05) is 18.2 Å². The van der Waals surface area contributed by atoms with Crippen LogP contribution in [0.15, 0.2) is 28.4 Å². The average Bonchev–Trinajstić information content (AvgIpc) is 2.58. The van der Waals surface area contributed by atoms with Gasteiger partial charge in [0.25, 0.3) is 0 Å². The number of benzene rings is 1. The zero-order valence-corrected chi connectivity index (χ0v) is 14.7. The highest BCUT2D eigenvalue weighted by molar-refractivity contribution is 9.10. The molecule has 0 saturated heterocycles. The van der Waals surface area contributed by atoms with Crippen LogP contribution in [0.2, 0.25) is 0 Å². The second kappa shape index (κ2) is 6.57. The maximum atomic E-state index is 12.9. The van der Waals surface area contributed by atoms with Gasteiger partial charge in [0, 0.05) is 17.3 Å². The van der Waals surface area contributed by atoms with Gasteiger partial charge in [0.2, 0.25) is 0 Å². The summed E-state index contributed by atoms with van der Waals surface area (Å²) >= 11 is 3.50. The fourth-order valence-corrected chi connectivity index (χ4v) is 4.30. The highest BCUT2D eigenvalue weighted by Crippen LogP contribution is 2.40. The Balaban J connectivity index is 2.09. The highest BCUT2D eigenvalue weighted by Gasteiger charge is 2.30. The van der Waals surface area contributed by atoms with Gasteiger partial charge in [0.1, 0.15) is 5.76 Å². The van der Waals surface area contributed by atoms with Gasteiger partial charge in [-0.15, -0.1) is 0 Å². The van der Waals surface area contributed by atoms with Gasteiger partial charge in [-0.2, -0.15) is 0 Å². The number of rotatable bonds is 2. The summed E-state index contributed by atoms with van der Waals surface area (Å²) in [6.45, 7) is 2.09. The highest BCUT2D eigenvalue weighted by atomic mass is 79.9. The Labute approximate surface area is 140 Å². The number of halogens is 1. The average molecular weight is 363 g/mol. The summed E-state index contributed by atoms with van der Waals surface area (Å²) < 4.78 is 0.954. The number of ketones is 1. The van der Waals surface area contributed by atoms with E-state index in [9.17, 15) is 9.90 Å². The number of aliphatic hydroxyl groups excluding tert-OH is 1. The number of fused-ring (bicyclic) bond motifs is 5. The molecule has 2 bridgehead atoms. The first kappa shape index (κ1) is 15.8. The van der Waals surface area contributed by atoms with Crippen LogP contribution in [0.4, 0.5) is 0 Å². The fourth-order valence-electron chi connectivity index (χ4n) is 3.94. The van der Waals surface area contributed by atoms with Crippen molar-refractivity contribution in [3.8, 4) is 0 Å². The van der Waals surface area contributed by atoms with Crippen molar-refractivity contribution in [2.45, 2.75) is 51.9 Å². The molecule has 4 rings (SSSR count). The Hall–Kier alpha value is -1.09. The van der Waals surface area contributed by atoms with Crippen LogP contribution in [0, 0.1) is 11.8 Å². The van der Waals surface area contributed by atoms with Gasteiger partial charge in [-0.05, 0) is 67.2 Å². The molecule has 0 heterocycles. The first-order chi connectivity index (χ1) is 10.6. The van der Waals surface area contributed by atoms with Crippen molar-refractivity contribution in [3.05, 3.63) is 39.6 Å². The van der Waals surface area contributed by atoms with Crippen LogP contribution in [0.1, 0.15) is 56.6 Å². The molecule has 22 heavy (non-hydrogen) atoms. The van der Waals surface area contributed by atoms with Gasteiger partial charge in [0.15, 0.2) is 5.78 Å². The Kier molecular flexibility index (Phi) is 4.72. The normalized spacial score (nSPS) is 29.1. The van der Waals surface area contributed by atoms with Gasteiger partial charge < -0.3 is 5.11 Å². The predicted octanol–water partition coefficient (Wildman–Crippen LogP) is 5.45. The quantitative estimate of drug-likeness (QED) is 0.759. The summed E-state index contributed by atoms with van der Waals surface area (Å²) in [5.41, 5.74) is 2.63. The third kappa shape index (κ3) is 3.15. The van der Waals surface area contributed by atoms with Gasteiger partial charge in [-0.3, -0.25) is 4.79 Å². The zero-order valence-electron chi connectivity index (χ0n) is 13.1. The van der Waals surface area contributed by atoms with Gasteiger partial charge in [-0.25, -0.2) is 0 Å². The molecule has 0 aromatic heterocycles. The van der Waals surface area contributed by atoms with E-state index in [-0.39, 0.29) is 5.78 Å². The number of carbonyl (C=O) groups is 1.